The number of ether oxygens (including phenoxy) is 1. The maximum absolute atomic E-state index is 12.1. The normalized spacial score (nSPS) is 15.0. The fourth-order valence-electron chi connectivity index (χ4n) is 4.15. The monoisotopic (exact) mass is 393 g/mol. The van der Waals surface area contributed by atoms with Crippen LogP contribution in [0.1, 0.15) is 25.0 Å². The first-order valence-electron chi connectivity index (χ1n) is 10.5. The van der Waals surface area contributed by atoms with Crippen molar-refractivity contribution in [2.24, 2.45) is 0 Å². The van der Waals surface area contributed by atoms with Gasteiger partial charge in [-0.05, 0) is 37.1 Å². The average molecular weight is 394 g/mol. The number of fused-ring (bicyclic) bond motifs is 1. The van der Waals surface area contributed by atoms with Crippen molar-refractivity contribution in [3.63, 3.8) is 0 Å². The summed E-state index contributed by atoms with van der Waals surface area (Å²) in [6.45, 7) is 9.63. The third-order valence-electron chi connectivity index (χ3n) is 5.72. The largest absolute Gasteiger partial charge is 0.492 e. The molecule has 1 N–H and O–H groups in total. The first-order chi connectivity index (χ1) is 14.2. The molecule has 0 unspecified atom stereocenters. The summed E-state index contributed by atoms with van der Waals surface area (Å²) in [4.78, 5) is 16.0. The summed E-state index contributed by atoms with van der Waals surface area (Å²) in [5, 5.41) is 1.05. The number of piperazine rings is 1. The third kappa shape index (κ3) is 4.30. The highest BCUT2D eigenvalue weighted by Gasteiger charge is 2.23. The van der Waals surface area contributed by atoms with Crippen molar-refractivity contribution in [3.8, 4) is 5.75 Å². The number of rotatable bonds is 6. The number of anilines is 1. The molecule has 2 heterocycles. The number of benzene rings is 2. The molecule has 1 aliphatic heterocycles. The average Bonchev–Trinajstić information content (AvgIpc) is 2.74. The Labute approximate surface area is 171 Å². The van der Waals surface area contributed by atoms with Gasteiger partial charge in [-0.25, -0.2) is 4.79 Å². The Hall–Kier alpha value is -2.79. The SMILES string of the molecule is CCOc1ccccc1N1CC[NH+](Cc2cc(=O)oc3cc(CC)ccc23)CC1. The molecule has 5 heteroatoms. The summed E-state index contributed by atoms with van der Waals surface area (Å²) in [5.74, 6) is 0.955. The van der Waals surface area contributed by atoms with E-state index >= 15 is 0 Å². The van der Waals surface area contributed by atoms with Gasteiger partial charge in [-0.2, -0.15) is 0 Å². The van der Waals surface area contributed by atoms with E-state index in [4.69, 9.17) is 9.15 Å². The maximum Gasteiger partial charge on any atom is 0.336 e. The molecular weight excluding hydrogens is 364 g/mol. The molecular formula is C24H29N2O3+. The molecule has 1 aromatic heterocycles. The summed E-state index contributed by atoms with van der Waals surface area (Å²) in [5.41, 5.74) is 3.88. The van der Waals surface area contributed by atoms with Crippen LogP contribution in [0.25, 0.3) is 11.0 Å². The van der Waals surface area contributed by atoms with Gasteiger partial charge in [-0.15, -0.1) is 0 Å². The summed E-state index contributed by atoms with van der Waals surface area (Å²) in [6.07, 6.45) is 0.931. The second kappa shape index (κ2) is 8.70. The Kier molecular flexibility index (Phi) is 5.86. The molecule has 152 valence electrons. The van der Waals surface area contributed by atoms with Crippen LogP contribution in [-0.4, -0.2) is 32.8 Å². The highest BCUT2D eigenvalue weighted by molar-refractivity contribution is 5.80. The van der Waals surface area contributed by atoms with Gasteiger partial charge in [0.1, 0.15) is 17.9 Å². The van der Waals surface area contributed by atoms with Gasteiger partial charge in [0, 0.05) is 17.0 Å². The maximum atomic E-state index is 12.1. The van der Waals surface area contributed by atoms with Crippen LogP contribution in [-0.2, 0) is 13.0 Å². The Morgan fingerprint density at radius 2 is 1.86 bits per heavy atom. The lowest BCUT2D eigenvalue weighted by Crippen LogP contribution is -3.13. The van der Waals surface area contributed by atoms with Crippen molar-refractivity contribution in [3.05, 3.63) is 70.1 Å². The number of hydrogen-bond acceptors (Lipinski definition) is 4. The molecule has 0 amide bonds. The van der Waals surface area contributed by atoms with Crippen LogP contribution in [0, 0.1) is 0 Å². The van der Waals surface area contributed by atoms with Gasteiger partial charge >= 0.3 is 5.63 Å². The third-order valence-corrected chi connectivity index (χ3v) is 5.72. The van der Waals surface area contributed by atoms with Gasteiger partial charge < -0.3 is 19.0 Å². The number of quaternary nitrogens is 1. The molecule has 0 spiro atoms. The second-order valence-electron chi connectivity index (χ2n) is 7.59. The number of hydrogen-bond donors (Lipinski definition) is 1. The van der Waals surface area contributed by atoms with Gasteiger partial charge in [0.05, 0.1) is 38.5 Å². The summed E-state index contributed by atoms with van der Waals surface area (Å²) >= 11 is 0. The lowest BCUT2D eigenvalue weighted by Gasteiger charge is -2.34. The van der Waals surface area contributed by atoms with E-state index in [0.717, 1.165) is 55.8 Å². The molecule has 1 aliphatic rings. The van der Waals surface area contributed by atoms with Crippen LogP contribution in [0.3, 0.4) is 0 Å². The summed E-state index contributed by atoms with van der Waals surface area (Å²) in [6, 6.07) is 16.2. The Morgan fingerprint density at radius 1 is 1.07 bits per heavy atom. The van der Waals surface area contributed by atoms with Crippen molar-refractivity contribution in [1.82, 2.24) is 0 Å². The van der Waals surface area contributed by atoms with Crippen molar-refractivity contribution < 1.29 is 14.1 Å². The van der Waals surface area contributed by atoms with E-state index in [0.29, 0.717) is 12.2 Å². The van der Waals surface area contributed by atoms with Gasteiger partial charge in [-0.3, -0.25) is 0 Å². The van der Waals surface area contributed by atoms with Gasteiger partial charge in [-0.1, -0.05) is 31.2 Å². The smallest absolute Gasteiger partial charge is 0.336 e. The highest BCUT2D eigenvalue weighted by Crippen LogP contribution is 2.28. The Morgan fingerprint density at radius 3 is 2.62 bits per heavy atom. The predicted octanol–water partition coefficient (Wildman–Crippen LogP) is 2.66. The molecule has 3 aromatic rings. The zero-order valence-corrected chi connectivity index (χ0v) is 17.2. The zero-order chi connectivity index (χ0) is 20.2. The van der Waals surface area contributed by atoms with Gasteiger partial charge in [0.25, 0.3) is 0 Å². The Bertz CT molecular complexity index is 1040. The zero-order valence-electron chi connectivity index (χ0n) is 17.2. The first-order valence-corrected chi connectivity index (χ1v) is 10.5. The Balaban J connectivity index is 1.49. The van der Waals surface area contributed by atoms with E-state index in [-0.39, 0.29) is 5.63 Å². The van der Waals surface area contributed by atoms with Crippen LogP contribution in [0.5, 0.6) is 5.75 Å². The fourth-order valence-corrected chi connectivity index (χ4v) is 4.15. The fraction of sp³-hybridized carbons (Fsp3) is 0.375. The number of aryl methyl sites for hydroxylation is 1. The predicted molar refractivity (Wildman–Crippen MR) is 116 cm³/mol. The molecule has 29 heavy (non-hydrogen) atoms. The van der Waals surface area contributed by atoms with E-state index < -0.39 is 0 Å². The number of nitrogens with zero attached hydrogens (tertiary/aromatic N) is 1. The van der Waals surface area contributed by atoms with E-state index in [1.54, 1.807) is 6.07 Å². The van der Waals surface area contributed by atoms with Crippen molar-refractivity contribution >= 4 is 16.7 Å². The summed E-state index contributed by atoms with van der Waals surface area (Å²) in [7, 11) is 0. The molecule has 1 saturated heterocycles. The van der Waals surface area contributed by atoms with E-state index in [1.807, 2.05) is 25.1 Å². The number of nitrogens with one attached hydrogen (secondary N) is 1. The quantitative estimate of drug-likeness (QED) is 0.654. The standard InChI is InChI=1S/C24H28N2O3/c1-3-18-9-10-20-19(16-24(27)29-23(20)15-18)17-25-11-13-26(14-12-25)21-7-5-6-8-22(21)28-4-2/h5-10,15-16H,3-4,11-14,17H2,1-2H3/p+1. The number of para-hydroxylation sites is 2. The van der Waals surface area contributed by atoms with Crippen LogP contribution in [0.15, 0.2) is 57.7 Å². The van der Waals surface area contributed by atoms with Crippen molar-refractivity contribution in [2.75, 3.05) is 37.7 Å². The van der Waals surface area contributed by atoms with Gasteiger partial charge in [0.2, 0.25) is 0 Å². The van der Waals surface area contributed by atoms with Crippen LogP contribution in [0.2, 0.25) is 0 Å². The lowest BCUT2D eigenvalue weighted by atomic mass is 10.1. The molecule has 0 atom stereocenters. The minimum Gasteiger partial charge on any atom is -0.492 e. The highest BCUT2D eigenvalue weighted by atomic mass is 16.5. The minimum atomic E-state index is -0.260. The van der Waals surface area contributed by atoms with E-state index in [2.05, 4.69) is 36.1 Å². The molecule has 4 rings (SSSR count). The molecule has 5 nitrogen and oxygen atoms in total. The topological polar surface area (TPSA) is 47.1 Å². The first kappa shape index (κ1) is 19.5. The lowest BCUT2D eigenvalue weighted by molar-refractivity contribution is -0.914. The molecule has 0 saturated carbocycles. The molecule has 0 bridgehead atoms. The summed E-state index contributed by atoms with van der Waals surface area (Å²) < 4.78 is 11.3. The van der Waals surface area contributed by atoms with E-state index in [9.17, 15) is 4.79 Å². The van der Waals surface area contributed by atoms with Crippen LogP contribution < -0.4 is 20.2 Å². The van der Waals surface area contributed by atoms with Crippen molar-refractivity contribution in [2.45, 2.75) is 26.8 Å². The molecule has 2 aromatic carbocycles. The molecule has 0 radical (unpaired) electrons. The molecule has 0 aliphatic carbocycles. The van der Waals surface area contributed by atoms with Gasteiger partial charge in [0.15, 0.2) is 0 Å². The second-order valence-corrected chi connectivity index (χ2v) is 7.59. The van der Waals surface area contributed by atoms with Crippen LogP contribution >= 0.6 is 0 Å². The van der Waals surface area contributed by atoms with Crippen LogP contribution in [0.4, 0.5) is 5.69 Å². The molecule has 1 fully saturated rings. The minimum absolute atomic E-state index is 0.260. The van der Waals surface area contributed by atoms with E-state index in [1.165, 1.54) is 16.2 Å². The van der Waals surface area contributed by atoms with Crippen molar-refractivity contribution in [1.29, 1.82) is 0 Å².